The van der Waals surface area contributed by atoms with Gasteiger partial charge in [-0.2, -0.15) is 5.10 Å². The third-order valence-corrected chi connectivity index (χ3v) is 6.28. The van der Waals surface area contributed by atoms with E-state index in [1.165, 1.54) is 17.0 Å². The number of alkyl halides is 2. The third kappa shape index (κ3) is 3.04. The lowest BCUT2D eigenvalue weighted by Crippen LogP contribution is -2.47. The Bertz CT molecular complexity index is 1240. The Hall–Kier alpha value is -3.43. The minimum atomic E-state index is -2.69. The summed E-state index contributed by atoms with van der Waals surface area (Å²) in [4.78, 5) is 6.12. The van der Waals surface area contributed by atoms with Gasteiger partial charge in [-0.25, -0.2) is 22.7 Å². The molecule has 166 valence electrons. The zero-order chi connectivity index (χ0) is 22.0. The Labute approximate surface area is 181 Å². The van der Waals surface area contributed by atoms with Crippen molar-refractivity contribution in [3.63, 3.8) is 0 Å². The first-order chi connectivity index (χ1) is 15.4. The summed E-state index contributed by atoms with van der Waals surface area (Å²) in [5, 5.41) is 7.77. The number of benzene rings is 1. The number of aromatic nitrogens is 3. The van der Waals surface area contributed by atoms with Crippen LogP contribution in [0.15, 0.2) is 37.2 Å². The number of halogens is 3. The summed E-state index contributed by atoms with van der Waals surface area (Å²) in [5.74, 6) is 0.566. The lowest BCUT2D eigenvalue weighted by molar-refractivity contribution is 0.0766. The van der Waals surface area contributed by atoms with Crippen LogP contribution >= 0.6 is 0 Å². The molecule has 2 aromatic heterocycles. The summed E-state index contributed by atoms with van der Waals surface area (Å²) < 4.78 is 55.3. The Morgan fingerprint density at radius 1 is 1.22 bits per heavy atom. The molecule has 1 aromatic carbocycles. The highest BCUT2D eigenvalue weighted by molar-refractivity contribution is 5.75. The number of nitrogens with zero attached hydrogens (tertiary/aromatic N) is 4. The largest absolute Gasteiger partial charge is 0.491 e. The van der Waals surface area contributed by atoms with E-state index in [0.717, 1.165) is 12.8 Å². The van der Waals surface area contributed by atoms with Crippen molar-refractivity contribution < 1.29 is 22.6 Å². The van der Waals surface area contributed by atoms with Crippen LogP contribution in [0.1, 0.15) is 24.0 Å². The second kappa shape index (κ2) is 6.78. The van der Waals surface area contributed by atoms with Gasteiger partial charge in [-0.15, -0.1) is 0 Å². The van der Waals surface area contributed by atoms with E-state index >= 15 is 0 Å². The van der Waals surface area contributed by atoms with Gasteiger partial charge in [0.2, 0.25) is 0 Å². The van der Waals surface area contributed by atoms with Crippen molar-refractivity contribution >= 4 is 17.2 Å². The highest BCUT2D eigenvalue weighted by Gasteiger charge is 2.45. The van der Waals surface area contributed by atoms with Crippen LogP contribution in [-0.4, -0.2) is 45.8 Å². The fourth-order valence-electron chi connectivity index (χ4n) is 4.29. The van der Waals surface area contributed by atoms with Gasteiger partial charge in [0, 0.05) is 17.8 Å². The predicted octanol–water partition coefficient (Wildman–Crippen LogP) is 3.39. The molecular weight excluding hydrogens is 423 g/mol. The standard InChI is InChI=1S/C22H20F3N5O2/c1-12-15-7-26-30-9-18-21(27-20(15)30)29(16(10-31-18)19(24)25)8-13-6-14(23)2-3-17(13)32-11-22(28-12)4-5-22/h2-3,6-7,9,16,19,28H,1,4-5,8,10-11H2/t16-/m0/s1. The van der Waals surface area contributed by atoms with Gasteiger partial charge in [0.25, 0.3) is 6.43 Å². The molecule has 6 rings (SSSR count). The van der Waals surface area contributed by atoms with Crippen LogP contribution < -0.4 is 19.7 Å². The monoisotopic (exact) mass is 443 g/mol. The molecule has 1 spiro atoms. The van der Waals surface area contributed by atoms with Crippen molar-refractivity contribution in [1.29, 1.82) is 0 Å². The maximum atomic E-state index is 14.1. The lowest BCUT2D eigenvalue weighted by atomic mass is 10.1. The minimum absolute atomic E-state index is 0.00746. The van der Waals surface area contributed by atoms with Crippen LogP contribution in [0.5, 0.6) is 11.5 Å². The van der Waals surface area contributed by atoms with Crippen LogP contribution in [0.3, 0.4) is 0 Å². The van der Waals surface area contributed by atoms with Crippen molar-refractivity contribution in [1.82, 2.24) is 19.9 Å². The summed E-state index contributed by atoms with van der Waals surface area (Å²) >= 11 is 0. The van der Waals surface area contributed by atoms with Crippen molar-refractivity contribution in [3.8, 4) is 11.5 Å². The van der Waals surface area contributed by atoms with E-state index in [1.807, 2.05) is 0 Å². The average Bonchev–Trinajstić information content (AvgIpc) is 3.39. The summed E-state index contributed by atoms with van der Waals surface area (Å²) in [7, 11) is 0. The van der Waals surface area contributed by atoms with Crippen molar-refractivity contribution in [2.45, 2.75) is 37.4 Å². The summed E-state index contributed by atoms with van der Waals surface area (Å²) in [6.07, 6.45) is 2.35. The highest BCUT2D eigenvalue weighted by atomic mass is 19.3. The van der Waals surface area contributed by atoms with Gasteiger partial charge in [-0.1, -0.05) is 6.58 Å². The smallest absolute Gasteiger partial charge is 0.261 e. The molecule has 1 aliphatic carbocycles. The Morgan fingerprint density at radius 3 is 2.84 bits per heavy atom. The normalized spacial score (nSPS) is 21.3. The van der Waals surface area contributed by atoms with E-state index < -0.39 is 18.3 Å². The number of nitrogens with one attached hydrogen (secondary N) is 1. The van der Waals surface area contributed by atoms with Crippen molar-refractivity contribution in [3.05, 3.63) is 54.1 Å². The molecule has 0 saturated heterocycles. The molecule has 0 unspecified atom stereocenters. The molecule has 4 heterocycles. The second-order valence-electron chi connectivity index (χ2n) is 8.52. The van der Waals surface area contributed by atoms with Gasteiger partial charge >= 0.3 is 0 Å². The molecule has 1 atom stereocenters. The van der Waals surface area contributed by atoms with Gasteiger partial charge in [-0.3, -0.25) is 0 Å². The summed E-state index contributed by atoms with van der Waals surface area (Å²) in [6, 6.07) is 2.92. The number of rotatable bonds is 1. The van der Waals surface area contributed by atoms with Crippen LogP contribution in [0, 0.1) is 5.82 Å². The average molecular weight is 443 g/mol. The maximum absolute atomic E-state index is 14.1. The maximum Gasteiger partial charge on any atom is 0.261 e. The molecule has 7 nitrogen and oxygen atoms in total. The molecule has 10 heteroatoms. The summed E-state index contributed by atoms with van der Waals surface area (Å²) in [6.45, 7) is 4.26. The summed E-state index contributed by atoms with van der Waals surface area (Å²) in [5.41, 5.74) is 1.94. The van der Waals surface area contributed by atoms with Crippen LogP contribution in [0.25, 0.3) is 11.3 Å². The molecular formula is C22H20F3N5O2. The van der Waals surface area contributed by atoms with E-state index in [9.17, 15) is 13.2 Å². The highest BCUT2D eigenvalue weighted by Crippen LogP contribution is 2.41. The fraction of sp³-hybridized carbons (Fsp3) is 0.364. The van der Waals surface area contributed by atoms with Gasteiger partial charge in [-0.05, 0) is 31.0 Å². The molecule has 2 bridgehead atoms. The van der Waals surface area contributed by atoms with Gasteiger partial charge in [0.1, 0.15) is 30.8 Å². The molecule has 1 saturated carbocycles. The van der Waals surface area contributed by atoms with E-state index in [4.69, 9.17) is 9.47 Å². The Balaban J connectivity index is 1.55. The number of anilines is 1. The zero-order valence-electron chi connectivity index (χ0n) is 17.0. The lowest BCUT2D eigenvalue weighted by Gasteiger charge is -2.37. The Morgan fingerprint density at radius 2 is 2.06 bits per heavy atom. The number of ether oxygens (including phenoxy) is 2. The minimum Gasteiger partial charge on any atom is -0.491 e. The number of hydrogen-bond donors (Lipinski definition) is 1. The van der Waals surface area contributed by atoms with E-state index in [1.54, 1.807) is 23.0 Å². The topological polar surface area (TPSA) is 63.9 Å². The molecule has 0 radical (unpaired) electrons. The van der Waals surface area contributed by atoms with Crippen molar-refractivity contribution in [2.75, 3.05) is 18.1 Å². The van der Waals surface area contributed by atoms with Crippen LogP contribution in [-0.2, 0) is 6.54 Å². The zero-order valence-corrected chi connectivity index (χ0v) is 17.0. The first-order valence-corrected chi connectivity index (χ1v) is 10.4. The molecule has 0 amide bonds. The van der Waals surface area contributed by atoms with E-state index in [-0.39, 0.29) is 24.5 Å². The molecule has 3 aliphatic rings. The van der Waals surface area contributed by atoms with E-state index in [2.05, 4.69) is 22.0 Å². The first-order valence-electron chi connectivity index (χ1n) is 10.4. The number of hydrogen-bond acceptors (Lipinski definition) is 6. The molecule has 32 heavy (non-hydrogen) atoms. The van der Waals surface area contributed by atoms with Crippen LogP contribution in [0.4, 0.5) is 19.0 Å². The van der Waals surface area contributed by atoms with Gasteiger partial charge in [0.05, 0.1) is 23.5 Å². The van der Waals surface area contributed by atoms with Crippen molar-refractivity contribution in [2.24, 2.45) is 0 Å². The van der Waals surface area contributed by atoms with Gasteiger partial charge in [0.15, 0.2) is 17.2 Å². The second-order valence-corrected chi connectivity index (χ2v) is 8.52. The molecule has 2 aliphatic heterocycles. The molecule has 3 aromatic rings. The first kappa shape index (κ1) is 19.3. The van der Waals surface area contributed by atoms with Crippen LogP contribution in [0.2, 0.25) is 0 Å². The SMILES string of the molecule is C=C1NC2(CC2)COc2ccc(F)cc2CN2c3nc4c1cnn4cc3OC[C@H]2C(F)F. The van der Waals surface area contributed by atoms with Gasteiger partial charge < -0.3 is 19.7 Å². The fourth-order valence-corrected chi connectivity index (χ4v) is 4.29. The predicted molar refractivity (Wildman–Crippen MR) is 110 cm³/mol. The molecule has 1 fully saturated rings. The third-order valence-electron chi connectivity index (χ3n) is 6.28. The molecule has 1 N–H and O–H groups in total. The van der Waals surface area contributed by atoms with E-state index in [0.29, 0.717) is 40.6 Å². The number of fused-ring (bicyclic) bond motifs is 1. The quantitative estimate of drug-likeness (QED) is 0.622. The Kier molecular flexibility index (Phi) is 4.08.